The third-order valence-corrected chi connectivity index (χ3v) is 1.53. The summed E-state index contributed by atoms with van der Waals surface area (Å²) in [5.74, 6) is 0.476. The monoisotopic (exact) mass is 162 g/mol. The Morgan fingerprint density at radius 1 is 1.50 bits per heavy atom. The number of H-pyrrole nitrogens is 1. The summed E-state index contributed by atoms with van der Waals surface area (Å²) < 4.78 is 0. The molecule has 0 fully saturated rings. The number of fused-ring (bicyclic) bond motifs is 1. The van der Waals surface area contributed by atoms with Crippen molar-refractivity contribution in [3.8, 4) is 0 Å². The largest absolute Gasteiger partial charge is 0.344 e. The fourth-order valence-corrected chi connectivity index (χ4v) is 1.03. The Kier molecular flexibility index (Phi) is 1.48. The number of nitrogens with one attached hydrogen (secondary N) is 2. The molecule has 12 heavy (non-hydrogen) atoms. The molecule has 0 aliphatic rings. The predicted molar refractivity (Wildman–Crippen MR) is 43.6 cm³/mol. The fourth-order valence-electron chi connectivity index (χ4n) is 1.03. The topological polar surface area (TPSA) is 70.7 Å². The van der Waals surface area contributed by atoms with Gasteiger partial charge in [0, 0.05) is 6.20 Å². The number of aromatic nitrogens is 3. The van der Waals surface area contributed by atoms with Gasteiger partial charge >= 0.3 is 0 Å². The molecule has 0 atom stereocenters. The minimum Gasteiger partial charge on any atom is -0.344 e. The number of rotatable bonds is 2. The first kappa shape index (κ1) is 6.78. The molecule has 2 heterocycles. The predicted octanol–water partition coefficient (Wildman–Crippen LogP) is 0.526. The molecular formula is C7H6N4O. The van der Waals surface area contributed by atoms with E-state index < -0.39 is 0 Å². The van der Waals surface area contributed by atoms with Crippen LogP contribution in [0.3, 0.4) is 0 Å². The average molecular weight is 162 g/mol. The molecule has 2 N–H and O–H groups in total. The van der Waals surface area contributed by atoms with Gasteiger partial charge in [-0.1, -0.05) is 0 Å². The molecule has 0 bridgehead atoms. The van der Waals surface area contributed by atoms with E-state index in [0.717, 1.165) is 5.52 Å². The number of imidazole rings is 1. The maximum atomic E-state index is 10.2. The summed E-state index contributed by atoms with van der Waals surface area (Å²) in [5.41, 5.74) is 1.53. The smallest absolute Gasteiger partial charge is 0.212 e. The van der Waals surface area contributed by atoms with E-state index in [1.165, 1.54) is 0 Å². The van der Waals surface area contributed by atoms with Gasteiger partial charge in [0.2, 0.25) is 6.41 Å². The normalized spacial score (nSPS) is 10.0. The van der Waals surface area contributed by atoms with Crippen molar-refractivity contribution < 1.29 is 4.79 Å². The molecule has 2 aromatic rings. The van der Waals surface area contributed by atoms with E-state index in [1.54, 1.807) is 18.6 Å². The minimum atomic E-state index is 0.476. The molecule has 0 aliphatic heterocycles. The Morgan fingerprint density at radius 2 is 2.42 bits per heavy atom. The van der Waals surface area contributed by atoms with Crippen LogP contribution in [-0.2, 0) is 4.79 Å². The summed E-state index contributed by atoms with van der Waals surface area (Å²) in [7, 11) is 0. The van der Waals surface area contributed by atoms with Crippen LogP contribution in [-0.4, -0.2) is 21.4 Å². The first-order valence-electron chi connectivity index (χ1n) is 3.40. The van der Waals surface area contributed by atoms with Crippen molar-refractivity contribution in [2.75, 3.05) is 5.32 Å². The van der Waals surface area contributed by atoms with E-state index in [2.05, 4.69) is 20.3 Å². The summed E-state index contributed by atoms with van der Waals surface area (Å²) >= 11 is 0. The van der Waals surface area contributed by atoms with E-state index in [-0.39, 0.29) is 0 Å². The number of nitrogens with zero attached hydrogens (tertiary/aromatic N) is 2. The Morgan fingerprint density at radius 3 is 3.25 bits per heavy atom. The molecule has 0 saturated carbocycles. The minimum absolute atomic E-state index is 0.476. The summed E-state index contributed by atoms with van der Waals surface area (Å²) in [6, 6.07) is 1.79. The SMILES string of the molecule is O=CNc1nccc2[nH]cnc12. The van der Waals surface area contributed by atoms with Gasteiger partial charge in [-0.2, -0.15) is 0 Å². The van der Waals surface area contributed by atoms with Gasteiger partial charge in [-0.15, -0.1) is 0 Å². The standard InChI is InChI=1S/C7H6N4O/c12-4-11-7-6-5(1-2-8-7)9-3-10-6/h1-4H,(H,9,10)(H,8,11,12). The van der Waals surface area contributed by atoms with Gasteiger partial charge in [0.05, 0.1) is 11.8 Å². The highest BCUT2D eigenvalue weighted by atomic mass is 16.1. The number of carbonyl (C=O) groups excluding carboxylic acids is 1. The van der Waals surface area contributed by atoms with Crippen LogP contribution >= 0.6 is 0 Å². The van der Waals surface area contributed by atoms with Gasteiger partial charge < -0.3 is 10.3 Å². The Labute approximate surface area is 67.8 Å². The highest BCUT2D eigenvalue weighted by Crippen LogP contribution is 2.15. The van der Waals surface area contributed by atoms with E-state index >= 15 is 0 Å². The third-order valence-electron chi connectivity index (χ3n) is 1.53. The van der Waals surface area contributed by atoms with Crippen LogP contribution in [0.5, 0.6) is 0 Å². The zero-order valence-corrected chi connectivity index (χ0v) is 6.11. The van der Waals surface area contributed by atoms with Crippen molar-refractivity contribution >= 4 is 23.3 Å². The lowest BCUT2D eigenvalue weighted by atomic mass is 10.4. The number of anilines is 1. The number of amides is 1. The molecule has 0 saturated heterocycles. The molecule has 0 radical (unpaired) electrons. The fraction of sp³-hybridized carbons (Fsp3) is 0. The maximum absolute atomic E-state index is 10.2. The van der Waals surface area contributed by atoms with Gasteiger partial charge in [0.25, 0.3) is 0 Å². The third kappa shape index (κ3) is 0.914. The number of carbonyl (C=O) groups is 1. The highest BCUT2D eigenvalue weighted by Gasteiger charge is 2.01. The molecule has 2 aromatic heterocycles. The second-order valence-corrected chi connectivity index (χ2v) is 2.22. The van der Waals surface area contributed by atoms with E-state index in [0.29, 0.717) is 17.7 Å². The first-order chi connectivity index (χ1) is 5.92. The van der Waals surface area contributed by atoms with Crippen LogP contribution in [0.4, 0.5) is 5.82 Å². The lowest BCUT2D eigenvalue weighted by Gasteiger charge is -1.96. The van der Waals surface area contributed by atoms with Crippen LogP contribution < -0.4 is 5.32 Å². The summed E-state index contributed by atoms with van der Waals surface area (Å²) in [6.45, 7) is 0. The van der Waals surface area contributed by atoms with Crippen molar-refractivity contribution in [2.24, 2.45) is 0 Å². The van der Waals surface area contributed by atoms with Crippen LogP contribution in [0.15, 0.2) is 18.6 Å². The lowest BCUT2D eigenvalue weighted by molar-refractivity contribution is -0.105. The zero-order chi connectivity index (χ0) is 8.39. The summed E-state index contributed by atoms with van der Waals surface area (Å²) in [6.07, 6.45) is 3.74. The molecule has 60 valence electrons. The molecular weight excluding hydrogens is 156 g/mol. The van der Waals surface area contributed by atoms with Gasteiger partial charge in [-0.05, 0) is 6.07 Å². The lowest BCUT2D eigenvalue weighted by Crippen LogP contribution is -1.96. The number of aromatic amines is 1. The van der Waals surface area contributed by atoms with Crippen molar-refractivity contribution in [2.45, 2.75) is 0 Å². The molecule has 0 aromatic carbocycles. The molecule has 5 heteroatoms. The van der Waals surface area contributed by atoms with Gasteiger partial charge in [-0.3, -0.25) is 4.79 Å². The second-order valence-electron chi connectivity index (χ2n) is 2.22. The zero-order valence-electron chi connectivity index (χ0n) is 6.11. The summed E-state index contributed by atoms with van der Waals surface area (Å²) in [4.78, 5) is 21.0. The second kappa shape index (κ2) is 2.61. The Hall–Kier alpha value is -1.91. The first-order valence-corrected chi connectivity index (χ1v) is 3.40. The van der Waals surface area contributed by atoms with E-state index in [9.17, 15) is 4.79 Å². The van der Waals surface area contributed by atoms with Gasteiger partial charge in [-0.25, -0.2) is 9.97 Å². The van der Waals surface area contributed by atoms with Crippen LogP contribution in [0.1, 0.15) is 0 Å². The average Bonchev–Trinajstić information content (AvgIpc) is 2.53. The van der Waals surface area contributed by atoms with Crippen LogP contribution in [0.25, 0.3) is 11.0 Å². The molecule has 5 nitrogen and oxygen atoms in total. The van der Waals surface area contributed by atoms with Crippen molar-refractivity contribution in [1.82, 2.24) is 15.0 Å². The van der Waals surface area contributed by atoms with Crippen LogP contribution in [0.2, 0.25) is 0 Å². The summed E-state index contributed by atoms with van der Waals surface area (Å²) in [5, 5.41) is 2.46. The molecule has 2 rings (SSSR count). The Bertz CT molecular complexity index is 408. The molecule has 1 amide bonds. The number of hydrogen-bond acceptors (Lipinski definition) is 3. The molecule has 0 aliphatic carbocycles. The Balaban J connectivity index is 2.65. The molecule has 0 spiro atoms. The van der Waals surface area contributed by atoms with Crippen molar-refractivity contribution in [3.05, 3.63) is 18.6 Å². The maximum Gasteiger partial charge on any atom is 0.212 e. The van der Waals surface area contributed by atoms with Crippen molar-refractivity contribution in [3.63, 3.8) is 0 Å². The molecule has 0 unspecified atom stereocenters. The van der Waals surface area contributed by atoms with Gasteiger partial charge in [0.15, 0.2) is 5.82 Å². The quantitative estimate of drug-likeness (QED) is 0.632. The number of hydrogen-bond donors (Lipinski definition) is 2. The van der Waals surface area contributed by atoms with Gasteiger partial charge in [0.1, 0.15) is 5.52 Å². The highest BCUT2D eigenvalue weighted by molar-refractivity contribution is 5.89. The van der Waals surface area contributed by atoms with Crippen LogP contribution in [0, 0.1) is 0 Å². The van der Waals surface area contributed by atoms with Crippen molar-refractivity contribution in [1.29, 1.82) is 0 Å². The number of pyridine rings is 1. The van der Waals surface area contributed by atoms with E-state index in [1.807, 2.05) is 0 Å². The van der Waals surface area contributed by atoms with E-state index in [4.69, 9.17) is 0 Å².